The molecular weight excluding hydrogens is 432 g/mol. The van der Waals surface area contributed by atoms with Crippen molar-refractivity contribution in [3.8, 4) is 0 Å². The van der Waals surface area contributed by atoms with Crippen molar-refractivity contribution in [3.05, 3.63) is 102 Å². The average Bonchev–Trinajstić information content (AvgIpc) is 2.67. The second-order valence-corrected chi connectivity index (χ2v) is 8.14. The third-order valence-electron chi connectivity index (χ3n) is 3.49. The maximum atomic E-state index is 10.7. The number of thioether (sulfide) groups is 1. The van der Waals surface area contributed by atoms with Crippen LogP contribution in [0.1, 0.15) is 16.4 Å². The number of alkyl halides is 3. The van der Waals surface area contributed by atoms with Gasteiger partial charge < -0.3 is 0 Å². The van der Waals surface area contributed by atoms with Gasteiger partial charge in [-0.25, -0.2) is 0 Å². The molecule has 0 aliphatic heterocycles. The van der Waals surface area contributed by atoms with Gasteiger partial charge in [0.15, 0.2) is 0 Å². The van der Waals surface area contributed by atoms with Crippen LogP contribution in [0.2, 0.25) is 0 Å². The van der Waals surface area contributed by atoms with Crippen LogP contribution in [0.5, 0.6) is 0 Å². The van der Waals surface area contributed by atoms with E-state index in [9.17, 15) is 13.2 Å². The van der Waals surface area contributed by atoms with Crippen LogP contribution in [0.3, 0.4) is 0 Å². The first-order chi connectivity index (χ1) is 13.2. The molecule has 0 radical (unpaired) electrons. The molecule has 0 amide bonds. The van der Waals surface area contributed by atoms with Gasteiger partial charge in [0.1, 0.15) is 0 Å². The summed E-state index contributed by atoms with van der Waals surface area (Å²) in [4.78, 5) is 1.30. The molecule has 0 aliphatic rings. The molecule has 0 unspecified atom stereocenters. The molecule has 150 valence electrons. The molecule has 0 spiro atoms. The van der Waals surface area contributed by atoms with Gasteiger partial charge in [0.05, 0.1) is 5.25 Å². The number of rotatable bonds is 4. The molecule has 3 nitrogen and oxygen atoms in total. The van der Waals surface area contributed by atoms with Gasteiger partial charge in [-0.1, -0.05) is 78.9 Å². The second kappa shape index (κ2) is 11.8. The molecule has 0 heterocycles. The molecule has 9 heteroatoms. The fraction of sp³-hybridized carbons (Fsp3) is 0.100. The van der Waals surface area contributed by atoms with Crippen LogP contribution >= 0.6 is 11.8 Å². The van der Waals surface area contributed by atoms with E-state index in [-0.39, 0.29) is 29.6 Å². The zero-order chi connectivity index (χ0) is 20.6. The van der Waals surface area contributed by atoms with Gasteiger partial charge in [-0.05, 0) is 23.3 Å². The fourth-order valence-electron chi connectivity index (χ4n) is 2.22. The Balaban J connectivity index is 0.000000403. The topological polar surface area (TPSA) is 54.4 Å². The Morgan fingerprint density at radius 3 is 1.34 bits per heavy atom. The van der Waals surface area contributed by atoms with Crippen LogP contribution in [0, 0.1) is 0 Å². The van der Waals surface area contributed by atoms with E-state index in [1.54, 1.807) is 0 Å². The van der Waals surface area contributed by atoms with E-state index in [4.69, 9.17) is 13.0 Å². The Kier molecular flexibility index (Phi) is 10.5. The summed E-state index contributed by atoms with van der Waals surface area (Å²) in [5.74, 6) is 0. The van der Waals surface area contributed by atoms with Crippen molar-refractivity contribution in [1.82, 2.24) is 0 Å². The van der Waals surface area contributed by atoms with Gasteiger partial charge >= 0.3 is 45.2 Å². The van der Waals surface area contributed by atoms with E-state index in [0.29, 0.717) is 5.25 Å². The van der Waals surface area contributed by atoms with Crippen LogP contribution < -0.4 is 0 Å². The van der Waals surface area contributed by atoms with Gasteiger partial charge in [-0.2, -0.15) is 21.6 Å². The SMILES string of the molecule is O=S(=O)(O)C(F)(F)F.[NaH].c1ccc(SC(c2ccccc2)c2ccccc2)cc1. The van der Waals surface area contributed by atoms with Gasteiger partial charge in [-0.3, -0.25) is 4.55 Å². The minimum atomic E-state index is -5.84. The van der Waals surface area contributed by atoms with Gasteiger partial charge in [-0.15, -0.1) is 11.8 Å². The molecule has 0 saturated carbocycles. The van der Waals surface area contributed by atoms with E-state index in [1.165, 1.54) is 16.0 Å². The number of benzene rings is 3. The van der Waals surface area contributed by atoms with Gasteiger partial charge in [0.2, 0.25) is 0 Å². The predicted octanol–water partition coefficient (Wildman–Crippen LogP) is 5.31. The van der Waals surface area contributed by atoms with Crippen molar-refractivity contribution < 1.29 is 26.1 Å². The van der Waals surface area contributed by atoms with E-state index in [0.717, 1.165) is 0 Å². The Hall–Kier alpha value is -1.29. The summed E-state index contributed by atoms with van der Waals surface area (Å²) < 4.78 is 57.5. The first-order valence-electron chi connectivity index (χ1n) is 8.04. The van der Waals surface area contributed by atoms with E-state index >= 15 is 0 Å². The Morgan fingerprint density at radius 1 is 0.724 bits per heavy atom. The number of halogens is 3. The van der Waals surface area contributed by atoms with Crippen molar-refractivity contribution in [1.29, 1.82) is 0 Å². The maximum absolute atomic E-state index is 10.7. The third-order valence-corrected chi connectivity index (χ3v) is 5.40. The molecule has 3 aromatic rings. The van der Waals surface area contributed by atoms with Crippen molar-refractivity contribution in [2.45, 2.75) is 15.7 Å². The summed E-state index contributed by atoms with van der Waals surface area (Å²) in [5, 5.41) is 0.333. The third kappa shape index (κ3) is 8.54. The fourth-order valence-corrected chi connectivity index (χ4v) is 3.39. The Labute approximate surface area is 194 Å². The quantitative estimate of drug-likeness (QED) is 0.253. The summed E-state index contributed by atoms with van der Waals surface area (Å²) in [6.45, 7) is 0. The first kappa shape index (κ1) is 25.7. The smallest absolute Gasteiger partial charge is 0.0593 e. The molecule has 29 heavy (non-hydrogen) atoms. The molecule has 0 saturated heterocycles. The largest absolute Gasteiger partial charge is 0.113 e. The van der Waals surface area contributed by atoms with E-state index in [1.807, 2.05) is 11.8 Å². The van der Waals surface area contributed by atoms with Gasteiger partial charge in [0, 0.05) is 4.90 Å². The van der Waals surface area contributed by atoms with Crippen molar-refractivity contribution in [2.24, 2.45) is 0 Å². The summed E-state index contributed by atoms with van der Waals surface area (Å²) in [6.07, 6.45) is 0. The van der Waals surface area contributed by atoms with Gasteiger partial charge in [0.25, 0.3) is 0 Å². The molecule has 3 aromatic carbocycles. The zero-order valence-electron chi connectivity index (χ0n) is 14.5. The molecule has 0 fully saturated rings. The normalized spacial score (nSPS) is 11.2. The maximum Gasteiger partial charge on any atom is 0.0593 e. The van der Waals surface area contributed by atoms with Crippen molar-refractivity contribution >= 4 is 51.4 Å². The van der Waals surface area contributed by atoms with Crippen molar-refractivity contribution in [3.63, 3.8) is 0 Å². The van der Waals surface area contributed by atoms with E-state index < -0.39 is 15.6 Å². The van der Waals surface area contributed by atoms with Crippen LogP contribution in [-0.2, 0) is 10.1 Å². The Bertz CT molecular complexity index is 913. The van der Waals surface area contributed by atoms with E-state index in [2.05, 4.69) is 91.0 Å². The van der Waals surface area contributed by atoms with Crippen LogP contribution in [0.15, 0.2) is 95.9 Å². The molecule has 1 N–H and O–H groups in total. The standard InChI is InChI=1S/C19H16S.CHF3O3S.Na.H/c1-4-10-16(11-5-1)19(17-12-6-2-7-13-17)20-18-14-8-3-9-15-18;2-1(3,4)8(5,6)7;;/h1-15,19H;(H,5,6,7);;. The summed E-state index contributed by atoms with van der Waals surface area (Å²) in [6, 6.07) is 32.0. The van der Waals surface area contributed by atoms with Crippen LogP contribution in [0.25, 0.3) is 0 Å². The number of hydrogen-bond donors (Lipinski definition) is 1. The monoisotopic (exact) mass is 450 g/mol. The Morgan fingerprint density at radius 2 is 1.03 bits per heavy atom. The summed E-state index contributed by atoms with van der Waals surface area (Å²) >= 11 is 1.89. The zero-order valence-corrected chi connectivity index (χ0v) is 16.1. The minimum Gasteiger partial charge on any atom is -0.113 e. The summed E-state index contributed by atoms with van der Waals surface area (Å²) in [7, 11) is -5.84. The van der Waals surface area contributed by atoms with Crippen LogP contribution in [0.4, 0.5) is 13.2 Å². The number of hydrogen-bond acceptors (Lipinski definition) is 3. The minimum absolute atomic E-state index is 0. The molecular formula is C20H18F3NaO3S2. The molecule has 0 aromatic heterocycles. The molecule has 0 atom stereocenters. The second-order valence-electron chi connectivity index (χ2n) is 5.55. The van der Waals surface area contributed by atoms with Crippen molar-refractivity contribution in [2.75, 3.05) is 0 Å². The average molecular weight is 450 g/mol. The van der Waals surface area contributed by atoms with Crippen LogP contribution in [-0.4, -0.2) is 48.0 Å². The molecule has 0 aliphatic carbocycles. The predicted molar refractivity (Wildman–Crippen MR) is 112 cm³/mol. The first-order valence-corrected chi connectivity index (χ1v) is 10.4. The molecule has 3 rings (SSSR count). The molecule has 0 bridgehead atoms. The summed E-state index contributed by atoms with van der Waals surface area (Å²) in [5.41, 5.74) is -2.85.